The van der Waals surface area contributed by atoms with Crippen molar-refractivity contribution in [2.45, 2.75) is 45.8 Å². The number of aryl methyl sites for hydroxylation is 1. The summed E-state index contributed by atoms with van der Waals surface area (Å²) < 4.78 is 5.21. The van der Waals surface area contributed by atoms with E-state index in [2.05, 4.69) is 27.6 Å². The maximum atomic E-state index is 12.8. The van der Waals surface area contributed by atoms with E-state index >= 15 is 0 Å². The van der Waals surface area contributed by atoms with Crippen LogP contribution in [0.1, 0.15) is 36.7 Å². The Bertz CT molecular complexity index is 683. The second kappa shape index (κ2) is 6.91. The van der Waals surface area contributed by atoms with Gasteiger partial charge in [0.25, 0.3) is 0 Å². The zero-order valence-corrected chi connectivity index (χ0v) is 13.6. The van der Waals surface area contributed by atoms with Crippen molar-refractivity contribution < 1.29 is 9.32 Å². The molecule has 122 valence electrons. The molecule has 0 saturated heterocycles. The molecule has 6 heteroatoms. The number of hydrogen-bond donors (Lipinski definition) is 1. The summed E-state index contributed by atoms with van der Waals surface area (Å²) in [6.07, 6.45) is 1.44. The standard InChI is InChI=1S/C17H22N4O2/c1-3-15-19-16(23-20-15)11-21(4-2)17(22)14-9-12-7-5-6-8-13(12)10-18-14/h5-8,14,18H,3-4,9-11H2,1-2H3/t14-/m1/s1. The first-order valence-electron chi connectivity index (χ1n) is 8.11. The summed E-state index contributed by atoms with van der Waals surface area (Å²) in [6.45, 7) is 5.64. The predicted octanol–water partition coefficient (Wildman–Crippen LogP) is 1.69. The number of aromatic nitrogens is 2. The Hall–Kier alpha value is -2.21. The van der Waals surface area contributed by atoms with Crippen LogP contribution in [0.3, 0.4) is 0 Å². The number of carbonyl (C=O) groups is 1. The zero-order valence-electron chi connectivity index (χ0n) is 13.6. The van der Waals surface area contributed by atoms with Gasteiger partial charge >= 0.3 is 0 Å². The molecule has 0 saturated carbocycles. The number of carbonyl (C=O) groups excluding carboxylic acids is 1. The largest absolute Gasteiger partial charge is 0.337 e. The van der Waals surface area contributed by atoms with Crippen molar-refractivity contribution >= 4 is 5.91 Å². The van der Waals surface area contributed by atoms with E-state index in [-0.39, 0.29) is 11.9 Å². The molecule has 1 aliphatic rings. The van der Waals surface area contributed by atoms with E-state index in [0.717, 1.165) is 19.4 Å². The summed E-state index contributed by atoms with van der Waals surface area (Å²) in [5, 5.41) is 7.22. The number of rotatable bonds is 5. The average molecular weight is 314 g/mol. The topological polar surface area (TPSA) is 71.3 Å². The molecule has 0 aliphatic carbocycles. The summed E-state index contributed by atoms with van der Waals surface area (Å²) in [5.74, 6) is 1.25. The lowest BCUT2D eigenvalue weighted by molar-refractivity contribution is -0.134. The molecular weight excluding hydrogens is 292 g/mol. The molecule has 2 heterocycles. The lowest BCUT2D eigenvalue weighted by atomic mass is 9.95. The van der Waals surface area contributed by atoms with E-state index < -0.39 is 0 Å². The summed E-state index contributed by atoms with van der Waals surface area (Å²) in [6, 6.07) is 8.05. The number of amides is 1. The number of likely N-dealkylation sites (N-methyl/N-ethyl adjacent to an activating group) is 1. The molecule has 1 atom stereocenters. The van der Waals surface area contributed by atoms with Gasteiger partial charge in [-0.2, -0.15) is 4.98 Å². The maximum absolute atomic E-state index is 12.8. The molecule has 1 N–H and O–H groups in total. The molecule has 1 aromatic carbocycles. The lowest BCUT2D eigenvalue weighted by Crippen LogP contribution is -2.49. The molecule has 23 heavy (non-hydrogen) atoms. The SMILES string of the molecule is CCc1noc(CN(CC)C(=O)[C@H]2Cc3ccccc3CN2)n1. The second-order valence-corrected chi connectivity index (χ2v) is 5.72. The van der Waals surface area contributed by atoms with Crippen LogP contribution in [-0.2, 0) is 30.7 Å². The van der Waals surface area contributed by atoms with Crippen LogP contribution in [0.2, 0.25) is 0 Å². The second-order valence-electron chi connectivity index (χ2n) is 5.72. The third-order valence-electron chi connectivity index (χ3n) is 4.23. The van der Waals surface area contributed by atoms with Gasteiger partial charge in [0.2, 0.25) is 11.8 Å². The van der Waals surface area contributed by atoms with Crippen LogP contribution < -0.4 is 5.32 Å². The highest BCUT2D eigenvalue weighted by atomic mass is 16.5. The Labute approximate surface area is 135 Å². The fraction of sp³-hybridized carbons (Fsp3) is 0.471. The molecule has 1 aromatic heterocycles. The molecule has 1 aliphatic heterocycles. The highest BCUT2D eigenvalue weighted by Crippen LogP contribution is 2.18. The van der Waals surface area contributed by atoms with Gasteiger partial charge in [0, 0.05) is 19.5 Å². The Morgan fingerprint density at radius 1 is 1.35 bits per heavy atom. The molecule has 0 radical (unpaired) electrons. The molecule has 1 amide bonds. The molecular formula is C17H22N4O2. The van der Waals surface area contributed by atoms with Gasteiger partial charge in [-0.15, -0.1) is 0 Å². The fourth-order valence-corrected chi connectivity index (χ4v) is 2.86. The molecule has 0 spiro atoms. The summed E-state index contributed by atoms with van der Waals surface area (Å²) >= 11 is 0. The lowest BCUT2D eigenvalue weighted by Gasteiger charge is -2.29. The van der Waals surface area contributed by atoms with Gasteiger partial charge in [0.1, 0.15) is 6.54 Å². The summed E-state index contributed by atoms with van der Waals surface area (Å²) in [4.78, 5) is 18.8. The third-order valence-corrected chi connectivity index (χ3v) is 4.23. The average Bonchev–Trinajstić information content (AvgIpc) is 3.06. The van der Waals surface area contributed by atoms with Crippen LogP contribution >= 0.6 is 0 Å². The van der Waals surface area contributed by atoms with E-state index in [1.807, 2.05) is 26.0 Å². The smallest absolute Gasteiger partial charge is 0.246 e. The number of hydrogen-bond acceptors (Lipinski definition) is 5. The maximum Gasteiger partial charge on any atom is 0.246 e. The molecule has 3 rings (SSSR count). The first-order valence-corrected chi connectivity index (χ1v) is 8.11. The van der Waals surface area contributed by atoms with Crippen molar-refractivity contribution in [3.8, 4) is 0 Å². The van der Waals surface area contributed by atoms with Gasteiger partial charge in [0.15, 0.2) is 5.82 Å². The number of benzene rings is 1. The van der Waals surface area contributed by atoms with Crippen LogP contribution in [0.15, 0.2) is 28.8 Å². The van der Waals surface area contributed by atoms with Gasteiger partial charge in [-0.3, -0.25) is 4.79 Å². The minimum atomic E-state index is -0.196. The summed E-state index contributed by atoms with van der Waals surface area (Å²) in [5.41, 5.74) is 2.51. The van der Waals surface area contributed by atoms with Gasteiger partial charge in [0.05, 0.1) is 6.04 Å². The Morgan fingerprint density at radius 2 is 2.13 bits per heavy atom. The van der Waals surface area contributed by atoms with E-state index in [9.17, 15) is 4.79 Å². The Balaban J connectivity index is 1.68. The van der Waals surface area contributed by atoms with Crippen LogP contribution in [0.5, 0.6) is 0 Å². The van der Waals surface area contributed by atoms with Crippen molar-refractivity contribution in [3.05, 3.63) is 47.1 Å². The van der Waals surface area contributed by atoms with Crippen LogP contribution in [0.25, 0.3) is 0 Å². The van der Waals surface area contributed by atoms with Gasteiger partial charge in [-0.05, 0) is 24.5 Å². The quantitative estimate of drug-likeness (QED) is 0.909. The normalized spacial score (nSPS) is 16.9. The molecule has 0 bridgehead atoms. The van der Waals surface area contributed by atoms with Gasteiger partial charge in [-0.1, -0.05) is 36.3 Å². The molecule has 0 unspecified atom stereocenters. The number of fused-ring (bicyclic) bond motifs is 1. The van der Waals surface area contributed by atoms with Crippen molar-refractivity contribution in [2.24, 2.45) is 0 Å². The zero-order chi connectivity index (χ0) is 16.2. The van der Waals surface area contributed by atoms with E-state index in [4.69, 9.17) is 4.52 Å². The van der Waals surface area contributed by atoms with Crippen LogP contribution in [0.4, 0.5) is 0 Å². The third kappa shape index (κ3) is 3.42. The predicted molar refractivity (Wildman–Crippen MR) is 85.5 cm³/mol. The number of nitrogens with zero attached hydrogens (tertiary/aromatic N) is 3. The van der Waals surface area contributed by atoms with Crippen molar-refractivity contribution in [1.29, 1.82) is 0 Å². The molecule has 2 aromatic rings. The van der Waals surface area contributed by atoms with Crippen molar-refractivity contribution in [1.82, 2.24) is 20.4 Å². The number of nitrogens with one attached hydrogen (secondary N) is 1. The highest BCUT2D eigenvalue weighted by Gasteiger charge is 2.28. The van der Waals surface area contributed by atoms with Crippen LogP contribution in [-0.4, -0.2) is 33.5 Å². The summed E-state index contributed by atoms with van der Waals surface area (Å²) in [7, 11) is 0. The first kappa shape index (κ1) is 15.7. The van der Waals surface area contributed by atoms with Gasteiger partial charge in [-0.25, -0.2) is 0 Å². The monoisotopic (exact) mass is 314 g/mol. The minimum Gasteiger partial charge on any atom is -0.337 e. The van der Waals surface area contributed by atoms with Crippen molar-refractivity contribution in [3.63, 3.8) is 0 Å². The Morgan fingerprint density at radius 3 is 2.83 bits per heavy atom. The van der Waals surface area contributed by atoms with E-state index in [1.54, 1.807) is 4.90 Å². The highest BCUT2D eigenvalue weighted by molar-refractivity contribution is 5.82. The van der Waals surface area contributed by atoms with Crippen LogP contribution in [0, 0.1) is 0 Å². The van der Waals surface area contributed by atoms with Crippen molar-refractivity contribution in [2.75, 3.05) is 6.54 Å². The fourth-order valence-electron chi connectivity index (χ4n) is 2.86. The van der Waals surface area contributed by atoms with E-state index in [0.29, 0.717) is 24.8 Å². The molecule has 0 fully saturated rings. The van der Waals surface area contributed by atoms with Gasteiger partial charge < -0.3 is 14.7 Å². The van der Waals surface area contributed by atoms with E-state index in [1.165, 1.54) is 11.1 Å². The Kier molecular flexibility index (Phi) is 4.71. The minimum absolute atomic E-state index is 0.0817. The first-order chi connectivity index (χ1) is 11.2. The molecule has 6 nitrogen and oxygen atoms in total.